The van der Waals surface area contributed by atoms with Crippen molar-refractivity contribution in [2.45, 2.75) is 18.9 Å². The molecule has 1 aromatic heterocycles. The van der Waals surface area contributed by atoms with E-state index in [1.807, 2.05) is 31.3 Å². The van der Waals surface area contributed by atoms with Gasteiger partial charge in [-0.05, 0) is 29.0 Å². The first kappa shape index (κ1) is 15.7. The fourth-order valence-corrected chi connectivity index (χ4v) is 3.51. The van der Waals surface area contributed by atoms with Gasteiger partial charge in [-0.1, -0.05) is 49.4 Å². The monoisotopic (exact) mass is 325 g/mol. The van der Waals surface area contributed by atoms with Crippen LogP contribution in [-0.4, -0.2) is 23.3 Å². The lowest BCUT2D eigenvalue weighted by atomic mass is 9.98. The molecule has 0 spiro atoms. The number of aromatic nitrogens is 1. The van der Waals surface area contributed by atoms with Crippen molar-refractivity contribution in [2.75, 3.05) is 12.4 Å². The second-order valence-corrected chi connectivity index (χ2v) is 6.36. The minimum absolute atomic E-state index is 0.271. The molecular weight excluding hydrogens is 306 g/mol. The van der Waals surface area contributed by atoms with Gasteiger partial charge in [-0.2, -0.15) is 0 Å². The number of esters is 1. The number of carbonyl (C=O) groups is 1. The summed E-state index contributed by atoms with van der Waals surface area (Å²) in [5, 5.41) is 3.16. The third kappa shape index (κ3) is 2.99. The molecule has 2 aromatic carbocycles. The Labute approximate surface area is 140 Å². The normalized spacial score (nSPS) is 10.9. The van der Waals surface area contributed by atoms with E-state index in [4.69, 9.17) is 4.74 Å². The largest absolute Gasteiger partial charge is 0.462 e. The Kier molecular flexibility index (Phi) is 4.72. The van der Waals surface area contributed by atoms with Crippen molar-refractivity contribution in [2.24, 2.45) is 0 Å². The molecule has 0 amide bonds. The zero-order chi connectivity index (χ0) is 16.2. The summed E-state index contributed by atoms with van der Waals surface area (Å²) in [6.45, 7) is 4.27. The van der Waals surface area contributed by atoms with Crippen molar-refractivity contribution in [3.8, 4) is 11.1 Å². The highest BCUT2D eigenvalue weighted by molar-refractivity contribution is 7.99. The molecule has 3 nitrogen and oxygen atoms in total. The molecule has 1 N–H and O–H groups in total. The molecule has 0 unspecified atom stereocenters. The molecule has 0 radical (unpaired) electrons. The lowest BCUT2D eigenvalue weighted by Gasteiger charge is -2.09. The number of ether oxygens (including phenoxy) is 1. The van der Waals surface area contributed by atoms with Crippen LogP contribution in [0.5, 0.6) is 0 Å². The Balaban J connectivity index is 2.20. The van der Waals surface area contributed by atoms with Gasteiger partial charge < -0.3 is 9.72 Å². The fraction of sp³-hybridized carbons (Fsp3) is 0.211. The minimum Gasteiger partial charge on any atom is -0.462 e. The van der Waals surface area contributed by atoms with E-state index < -0.39 is 0 Å². The zero-order valence-electron chi connectivity index (χ0n) is 13.3. The van der Waals surface area contributed by atoms with Gasteiger partial charge in [0.2, 0.25) is 0 Å². The van der Waals surface area contributed by atoms with E-state index in [1.165, 1.54) is 0 Å². The van der Waals surface area contributed by atoms with E-state index in [9.17, 15) is 4.79 Å². The second-order valence-electron chi connectivity index (χ2n) is 5.09. The lowest BCUT2D eigenvalue weighted by molar-refractivity contribution is 0.0523. The fourth-order valence-electron chi connectivity index (χ4n) is 2.74. The van der Waals surface area contributed by atoms with Crippen molar-refractivity contribution in [1.29, 1.82) is 0 Å². The first-order chi connectivity index (χ1) is 11.3. The van der Waals surface area contributed by atoms with Crippen LogP contribution in [0, 0.1) is 0 Å². The van der Waals surface area contributed by atoms with Gasteiger partial charge in [-0.15, -0.1) is 11.8 Å². The standard InChI is InChI=1S/C19H19NO2S/c1-3-22-19(21)17-16(12-20-18(17)23-4-2)15-11-7-9-13-8-5-6-10-14(13)15/h5-12,20H,3-4H2,1-2H3. The average Bonchev–Trinajstić information content (AvgIpc) is 2.98. The van der Waals surface area contributed by atoms with Crippen molar-refractivity contribution < 1.29 is 9.53 Å². The van der Waals surface area contributed by atoms with Gasteiger partial charge >= 0.3 is 5.97 Å². The maximum atomic E-state index is 12.5. The van der Waals surface area contributed by atoms with Gasteiger partial charge in [0.1, 0.15) is 0 Å². The van der Waals surface area contributed by atoms with Crippen LogP contribution in [0.3, 0.4) is 0 Å². The maximum absolute atomic E-state index is 12.5. The van der Waals surface area contributed by atoms with Crippen LogP contribution in [0.4, 0.5) is 0 Å². The van der Waals surface area contributed by atoms with Crippen LogP contribution in [0.25, 0.3) is 21.9 Å². The van der Waals surface area contributed by atoms with Crippen LogP contribution in [-0.2, 0) is 4.74 Å². The van der Waals surface area contributed by atoms with Crippen LogP contribution in [0.15, 0.2) is 53.7 Å². The summed E-state index contributed by atoms with van der Waals surface area (Å²) < 4.78 is 5.28. The predicted molar refractivity (Wildman–Crippen MR) is 96.1 cm³/mol. The predicted octanol–water partition coefficient (Wildman–Crippen LogP) is 5.12. The lowest BCUT2D eigenvalue weighted by Crippen LogP contribution is -2.06. The van der Waals surface area contributed by atoms with Crippen LogP contribution in [0.2, 0.25) is 0 Å². The highest BCUT2D eigenvalue weighted by Gasteiger charge is 2.22. The number of carbonyl (C=O) groups excluding carboxylic acids is 1. The summed E-state index contributed by atoms with van der Waals surface area (Å²) in [4.78, 5) is 15.7. The van der Waals surface area contributed by atoms with Gasteiger partial charge in [0.15, 0.2) is 0 Å². The van der Waals surface area contributed by atoms with Crippen LogP contribution in [0.1, 0.15) is 24.2 Å². The number of rotatable bonds is 5. The Morgan fingerprint density at radius 1 is 1.09 bits per heavy atom. The molecule has 0 saturated heterocycles. The SMILES string of the molecule is CCOC(=O)c1c(-c2cccc3ccccc23)c[nH]c1SCC. The smallest absolute Gasteiger partial charge is 0.341 e. The quantitative estimate of drug-likeness (QED) is 0.523. The Hall–Kier alpha value is -2.20. The number of fused-ring (bicyclic) bond motifs is 1. The Morgan fingerprint density at radius 3 is 2.65 bits per heavy atom. The summed E-state index contributed by atoms with van der Waals surface area (Å²) in [6, 6.07) is 14.4. The molecule has 1 heterocycles. The topological polar surface area (TPSA) is 42.1 Å². The maximum Gasteiger partial charge on any atom is 0.341 e. The number of hydrogen-bond donors (Lipinski definition) is 1. The third-order valence-electron chi connectivity index (χ3n) is 3.69. The van der Waals surface area contributed by atoms with E-state index in [0.717, 1.165) is 32.7 Å². The molecule has 3 aromatic rings. The van der Waals surface area contributed by atoms with Gasteiger partial charge in [-0.3, -0.25) is 0 Å². The van der Waals surface area contributed by atoms with Gasteiger partial charge in [0, 0.05) is 11.8 Å². The number of nitrogens with one attached hydrogen (secondary N) is 1. The summed E-state index contributed by atoms with van der Waals surface area (Å²) in [5.74, 6) is 0.620. The van der Waals surface area contributed by atoms with Gasteiger partial charge in [-0.25, -0.2) is 4.79 Å². The van der Waals surface area contributed by atoms with E-state index in [2.05, 4.69) is 36.2 Å². The molecule has 0 aliphatic rings. The molecule has 0 fully saturated rings. The van der Waals surface area contributed by atoms with E-state index in [0.29, 0.717) is 12.2 Å². The Morgan fingerprint density at radius 2 is 1.87 bits per heavy atom. The van der Waals surface area contributed by atoms with Crippen molar-refractivity contribution in [1.82, 2.24) is 4.98 Å². The van der Waals surface area contributed by atoms with Crippen molar-refractivity contribution in [3.63, 3.8) is 0 Å². The molecule has 0 aliphatic carbocycles. The molecule has 4 heteroatoms. The molecule has 0 aliphatic heterocycles. The number of hydrogen-bond acceptors (Lipinski definition) is 3. The summed E-state index contributed by atoms with van der Waals surface area (Å²) >= 11 is 1.62. The van der Waals surface area contributed by atoms with Crippen molar-refractivity contribution in [3.05, 3.63) is 54.2 Å². The highest BCUT2D eigenvalue weighted by Crippen LogP contribution is 2.36. The molecular formula is C19H19NO2S. The third-order valence-corrected chi connectivity index (χ3v) is 4.59. The number of benzene rings is 2. The molecule has 0 saturated carbocycles. The van der Waals surface area contributed by atoms with Crippen molar-refractivity contribution >= 4 is 28.5 Å². The molecule has 0 bridgehead atoms. The average molecular weight is 325 g/mol. The molecule has 118 valence electrons. The number of thioether (sulfide) groups is 1. The van der Waals surface area contributed by atoms with Crippen LogP contribution >= 0.6 is 11.8 Å². The van der Waals surface area contributed by atoms with Crippen LogP contribution < -0.4 is 0 Å². The van der Waals surface area contributed by atoms with Gasteiger partial charge in [0.05, 0.1) is 17.2 Å². The first-order valence-electron chi connectivity index (χ1n) is 7.75. The number of aromatic amines is 1. The highest BCUT2D eigenvalue weighted by atomic mass is 32.2. The van der Waals surface area contributed by atoms with E-state index >= 15 is 0 Å². The number of H-pyrrole nitrogens is 1. The zero-order valence-corrected chi connectivity index (χ0v) is 14.1. The Bertz CT molecular complexity index is 833. The first-order valence-corrected chi connectivity index (χ1v) is 8.74. The van der Waals surface area contributed by atoms with E-state index in [1.54, 1.807) is 11.8 Å². The molecule has 23 heavy (non-hydrogen) atoms. The summed E-state index contributed by atoms with van der Waals surface area (Å²) in [6.07, 6.45) is 1.91. The molecule has 0 atom stereocenters. The minimum atomic E-state index is -0.271. The molecule has 3 rings (SSSR count). The van der Waals surface area contributed by atoms with E-state index in [-0.39, 0.29) is 5.97 Å². The second kappa shape index (κ2) is 6.92. The summed E-state index contributed by atoms with van der Waals surface area (Å²) in [5.41, 5.74) is 2.58. The van der Waals surface area contributed by atoms with Gasteiger partial charge in [0.25, 0.3) is 0 Å². The summed E-state index contributed by atoms with van der Waals surface area (Å²) in [7, 11) is 0.